The molecule has 2 aromatic rings. The van der Waals surface area contributed by atoms with Gasteiger partial charge in [0.2, 0.25) is 0 Å². The van der Waals surface area contributed by atoms with Crippen LogP contribution in [0.15, 0.2) is 35.4 Å². The largest absolute Gasteiger partial charge is 0.493 e. The normalized spacial score (nSPS) is 10.7. The van der Waals surface area contributed by atoms with Crippen molar-refractivity contribution in [3.05, 3.63) is 57.1 Å². The molecule has 142 valence electrons. The number of hydrogen-bond acceptors (Lipinski definition) is 5. The number of aliphatic carboxylic acids is 1. The van der Waals surface area contributed by atoms with Crippen molar-refractivity contribution in [3.8, 4) is 11.5 Å². The van der Waals surface area contributed by atoms with Crippen LogP contribution in [-0.4, -0.2) is 36.9 Å². The Morgan fingerprint density at radius 2 is 1.96 bits per heavy atom. The first-order chi connectivity index (χ1) is 12.8. The molecule has 0 heterocycles. The molecule has 0 saturated heterocycles. The summed E-state index contributed by atoms with van der Waals surface area (Å²) < 4.78 is 10.3. The molecular weight excluding hydrogens is 395 g/mol. The number of amides is 1. The van der Waals surface area contributed by atoms with E-state index in [0.29, 0.717) is 16.1 Å². The number of halogens is 2. The lowest BCUT2D eigenvalue weighted by molar-refractivity contribution is -0.139. The van der Waals surface area contributed by atoms with Crippen molar-refractivity contribution >= 4 is 41.3 Å². The van der Waals surface area contributed by atoms with Gasteiger partial charge >= 0.3 is 5.97 Å². The van der Waals surface area contributed by atoms with Crippen molar-refractivity contribution in [2.45, 2.75) is 6.92 Å². The van der Waals surface area contributed by atoms with Crippen molar-refractivity contribution in [2.24, 2.45) is 5.10 Å². The number of carboxylic acid groups (broad SMARTS) is 1. The number of rotatable bonds is 7. The third-order valence-corrected chi connectivity index (χ3v) is 3.93. The molecule has 0 fully saturated rings. The fourth-order valence-corrected chi connectivity index (χ4v) is 2.71. The van der Waals surface area contributed by atoms with E-state index in [2.05, 4.69) is 10.5 Å². The minimum atomic E-state index is -1.14. The van der Waals surface area contributed by atoms with Crippen LogP contribution in [0.5, 0.6) is 11.5 Å². The van der Waals surface area contributed by atoms with Crippen molar-refractivity contribution in [3.63, 3.8) is 0 Å². The van der Waals surface area contributed by atoms with Crippen LogP contribution >= 0.6 is 23.2 Å². The Hall–Kier alpha value is -2.77. The first-order valence-electron chi connectivity index (χ1n) is 7.63. The summed E-state index contributed by atoms with van der Waals surface area (Å²) in [5.74, 6) is -1.26. The maximum atomic E-state index is 12.1. The zero-order valence-corrected chi connectivity index (χ0v) is 16.0. The highest BCUT2D eigenvalue weighted by atomic mass is 35.5. The molecule has 9 heteroatoms. The van der Waals surface area contributed by atoms with Gasteiger partial charge in [-0.1, -0.05) is 29.3 Å². The molecule has 7 nitrogen and oxygen atoms in total. The number of nitrogens with zero attached hydrogens (tertiary/aromatic N) is 1. The van der Waals surface area contributed by atoms with E-state index < -0.39 is 18.5 Å². The lowest BCUT2D eigenvalue weighted by atomic mass is 10.1. The van der Waals surface area contributed by atoms with Gasteiger partial charge in [0.15, 0.2) is 18.1 Å². The van der Waals surface area contributed by atoms with E-state index in [1.807, 2.05) is 6.92 Å². The zero-order chi connectivity index (χ0) is 20.0. The Morgan fingerprint density at radius 3 is 2.59 bits per heavy atom. The van der Waals surface area contributed by atoms with Gasteiger partial charge in [-0.2, -0.15) is 5.10 Å². The Labute approximate surface area is 165 Å². The second-order valence-electron chi connectivity index (χ2n) is 5.40. The fraction of sp³-hybridized carbons (Fsp3) is 0.167. The molecule has 2 rings (SSSR count). The first kappa shape index (κ1) is 20.5. The number of benzene rings is 2. The van der Waals surface area contributed by atoms with Gasteiger partial charge in [0, 0.05) is 0 Å². The number of carbonyl (C=O) groups excluding carboxylic acids is 1. The molecule has 27 heavy (non-hydrogen) atoms. The molecular formula is C18H16Cl2N2O5. The van der Waals surface area contributed by atoms with Crippen LogP contribution in [0.4, 0.5) is 0 Å². The van der Waals surface area contributed by atoms with Gasteiger partial charge in [0.05, 0.1) is 28.9 Å². The third kappa shape index (κ3) is 5.60. The lowest BCUT2D eigenvalue weighted by Gasteiger charge is -2.11. The van der Waals surface area contributed by atoms with E-state index in [-0.39, 0.29) is 16.5 Å². The van der Waals surface area contributed by atoms with Crippen LogP contribution in [0.25, 0.3) is 0 Å². The quantitative estimate of drug-likeness (QED) is 0.537. The van der Waals surface area contributed by atoms with Crippen LogP contribution in [0.2, 0.25) is 10.0 Å². The van der Waals surface area contributed by atoms with Crippen molar-refractivity contribution < 1.29 is 24.2 Å². The van der Waals surface area contributed by atoms with Crippen LogP contribution in [0, 0.1) is 6.92 Å². The Kier molecular flexibility index (Phi) is 7.04. The monoisotopic (exact) mass is 410 g/mol. The summed E-state index contributed by atoms with van der Waals surface area (Å²) in [5, 5.41) is 13.0. The number of carbonyl (C=O) groups is 2. The summed E-state index contributed by atoms with van der Waals surface area (Å²) in [5.41, 5.74) is 4.12. The molecule has 0 atom stereocenters. The smallest absolute Gasteiger partial charge is 0.341 e. The SMILES string of the molecule is COc1cc(/C=N\NC(=O)c2ccc(C)cc2Cl)cc(Cl)c1OCC(=O)O. The maximum Gasteiger partial charge on any atom is 0.341 e. The number of hydrazone groups is 1. The molecule has 1 amide bonds. The number of methoxy groups -OCH3 is 1. The Bertz CT molecular complexity index is 900. The van der Waals surface area contributed by atoms with Gasteiger partial charge in [0.1, 0.15) is 0 Å². The fourth-order valence-electron chi connectivity index (χ4n) is 2.12. The molecule has 2 aromatic carbocycles. The first-order valence-corrected chi connectivity index (χ1v) is 8.39. The van der Waals surface area contributed by atoms with Gasteiger partial charge < -0.3 is 14.6 Å². The molecule has 2 N–H and O–H groups in total. The highest BCUT2D eigenvalue weighted by Gasteiger charge is 2.13. The van der Waals surface area contributed by atoms with Crippen molar-refractivity contribution in [2.75, 3.05) is 13.7 Å². The summed E-state index contributed by atoms with van der Waals surface area (Å²) in [6.45, 7) is 1.31. The summed E-state index contributed by atoms with van der Waals surface area (Å²) in [4.78, 5) is 22.8. The Balaban J connectivity index is 2.13. The molecule has 0 unspecified atom stereocenters. The van der Waals surface area contributed by atoms with Crippen LogP contribution < -0.4 is 14.9 Å². The maximum absolute atomic E-state index is 12.1. The summed E-state index contributed by atoms with van der Waals surface area (Å²) in [6.07, 6.45) is 1.36. The third-order valence-electron chi connectivity index (χ3n) is 3.34. The number of carboxylic acids is 1. The highest BCUT2D eigenvalue weighted by Crippen LogP contribution is 2.36. The van der Waals surface area contributed by atoms with Gasteiger partial charge in [-0.3, -0.25) is 4.79 Å². The van der Waals surface area contributed by atoms with Crippen molar-refractivity contribution in [1.29, 1.82) is 0 Å². The second-order valence-corrected chi connectivity index (χ2v) is 6.21. The zero-order valence-electron chi connectivity index (χ0n) is 14.5. The van der Waals surface area contributed by atoms with Crippen molar-refractivity contribution in [1.82, 2.24) is 5.43 Å². The minimum Gasteiger partial charge on any atom is -0.493 e. The highest BCUT2D eigenvalue weighted by molar-refractivity contribution is 6.34. The topological polar surface area (TPSA) is 97.2 Å². The standard InChI is InChI=1S/C18H16Cl2N2O5/c1-10-3-4-12(13(19)5-10)18(25)22-21-8-11-6-14(20)17(15(7-11)26-2)27-9-16(23)24/h3-8H,9H2,1-2H3,(H,22,25)(H,23,24)/b21-8-. The number of nitrogens with one attached hydrogen (secondary N) is 1. The average molecular weight is 411 g/mol. The molecule has 0 aliphatic heterocycles. The molecule has 0 aliphatic carbocycles. The van der Waals surface area contributed by atoms with Crippen LogP contribution in [0.3, 0.4) is 0 Å². The summed E-state index contributed by atoms with van der Waals surface area (Å²) in [6, 6.07) is 8.09. The molecule has 0 aliphatic rings. The van der Waals surface area contributed by atoms with Gasteiger partial charge in [-0.25, -0.2) is 10.2 Å². The van der Waals surface area contributed by atoms with E-state index in [4.69, 9.17) is 37.8 Å². The van der Waals surface area contributed by atoms with Crippen LogP contribution in [0.1, 0.15) is 21.5 Å². The summed E-state index contributed by atoms with van der Waals surface area (Å²) in [7, 11) is 1.39. The van der Waals surface area contributed by atoms with Gasteiger partial charge in [-0.05, 0) is 42.3 Å². The predicted octanol–water partition coefficient (Wildman–Crippen LogP) is 3.54. The van der Waals surface area contributed by atoms with E-state index in [1.165, 1.54) is 25.5 Å². The molecule has 0 saturated carbocycles. The summed E-state index contributed by atoms with van der Waals surface area (Å²) >= 11 is 12.2. The minimum absolute atomic E-state index is 0.106. The second kappa shape index (κ2) is 9.25. The number of hydrogen-bond donors (Lipinski definition) is 2. The molecule has 0 bridgehead atoms. The molecule has 0 aromatic heterocycles. The van der Waals surface area contributed by atoms with Gasteiger partial charge in [0.25, 0.3) is 5.91 Å². The molecule has 0 radical (unpaired) electrons. The lowest BCUT2D eigenvalue weighted by Crippen LogP contribution is -2.18. The molecule has 0 spiro atoms. The predicted molar refractivity (Wildman–Crippen MR) is 102 cm³/mol. The van der Waals surface area contributed by atoms with E-state index in [9.17, 15) is 9.59 Å². The van der Waals surface area contributed by atoms with Gasteiger partial charge in [-0.15, -0.1) is 0 Å². The van der Waals surface area contributed by atoms with E-state index in [1.54, 1.807) is 18.2 Å². The number of aryl methyl sites for hydroxylation is 1. The average Bonchev–Trinajstić information content (AvgIpc) is 2.60. The van der Waals surface area contributed by atoms with E-state index in [0.717, 1.165) is 5.56 Å². The van der Waals surface area contributed by atoms with E-state index >= 15 is 0 Å². The van der Waals surface area contributed by atoms with Crippen LogP contribution in [-0.2, 0) is 4.79 Å². The Morgan fingerprint density at radius 1 is 1.22 bits per heavy atom. The number of ether oxygens (including phenoxy) is 2.